The van der Waals surface area contributed by atoms with Gasteiger partial charge in [-0.2, -0.15) is 0 Å². The fourth-order valence-corrected chi connectivity index (χ4v) is 5.63. The van der Waals surface area contributed by atoms with Crippen molar-refractivity contribution in [2.24, 2.45) is 5.41 Å². The van der Waals surface area contributed by atoms with Crippen LogP contribution in [0.5, 0.6) is 17.2 Å². The van der Waals surface area contributed by atoms with Crippen molar-refractivity contribution >= 4 is 40.2 Å². The van der Waals surface area contributed by atoms with E-state index in [9.17, 15) is 14.4 Å². The Kier molecular flexibility index (Phi) is 6.47. The molecule has 3 fully saturated rings. The van der Waals surface area contributed by atoms with Crippen LogP contribution in [0.3, 0.4) is 0 Å². The number of piperidine rings is 1. The molecule has 2 bridgehead atoms. The second kappa shape index (κ2) is 10.5. The van der Waals surface area contributed by atoms with Crippen molar-refractivity contribution < 1.29 is 23.9 Å². The number of benzene rings is 3. The number of rotatable bonds is 7. The fraction of sp³-hybridized carbons (Fsp3) is 0.250. The molecule has 7 rings (SSSR count). The zero-order chi connectivity index (χ0) is 28.7. The van der Waals surface area contributed by atoms with Gasteiger partial charge in [-0.15, -0.1) is 0 Å². The van der Waals surface area contributed by atoms with Gasteiger partial charge in [0.05, 0.1) is 5.52 Å². The van der Waals surface area contributed by atoms with E-state index >= 15 is 0 Å². The van der Waals surface area contributed by atoms with Crippen LogP contribution in [-0.2, 0) is 9.59 Å². The van der Waals surface area contributed by atoms with E-state index in [1.807, 2.05) is 29.2 Å². The van der Waals surface area contributed by atoms with Gasteiger partial charge in [0.1, 0.15) is 22.7 Å². The van der Waals surface area contributed by atoms with Crippen molar-refractivity contribution in [2.45, 2.75) is 31.3 Å². The number of piperazine rings is 1. The van der Waals surface area contributed by atoms with Crippen LogP contribution in [0.25, 0.3) is 10.9 Å². The normalized spacial score (nSPS) is 19.8. The summed E-state index contributed by atoms with van der Waals surface area (Å²) in [6.07, 6.45) is 3.33. The molecule has 2 aliphatic heterocycles. The number of ether oxygens (including phenoxy) is 2. The molecule has 3 aliphatic rings. The summed E-state index contributed by atoms with van der Waals surface area (Å²) < 4.78 is 11.8. The van der Waals surface area contributed by atoms with Crippen LogP contribution < -0.4 is 25.4 Å². The lowest BCUT2D eigenvalue weighted by Gasteiger charge is -2.51. The van der Waals surface area contributed by atoms with E-state index in [0.29, 0.717) is 47.0 Å². The number of fused-ring (bicyclic) bond motifs is 3. The molecular formula is C32H29N5O5. The third-order valence-electron chi connectivity index (χ3n) is 8.17. The number of amides is 3. The van der Waals surface area contributed by atoms with Gasteiger partial charge in [-0.05, 0) is 73.9 Å². The van der Waals surface area contributed by atoms with E-state index in [1.165, 1.54) is 0 Å². The second-order valence-corrected chi connectivity index (χ2v) is 10.9. The van der Waals surface area contributed by atoms with Gasteiger partial charge < -0.3 is 25.4 Å². The van der Waals surface area contributed by atoms with Gasteiger partial charge in [0.25, 0.3) is 0 Å². The molecule has 212 valence electrons. The van der Waals surface area contributed by atoms with Gasteiger partial charge in [0.2, 0.25) is 11.8 Å². The Morgan fingerprint density at radius 3 is 2.17 bits per heavy atom. The maximum Gasteiger partial charge on any atom is 0.415 e. The molecule has 3 N–H and O–H groups in total. The molecule has 1 saturated carbocycles. The van der Waals surface area contributed by atoms with Crippen LogP contribution in [0.2, 0.25) is 0 Å². The first kappa shape index (κ1) is 26.0. The molecule has 3 amide bonds. The molecule has 4 aromatic rings. The molecule has 2 saturated heterocycles. The molecule has 0 spiro atoms. The zero-order valence-corrected chi connectivity index (χ0v) is 22.7. The second-order valence-electron chi connectivity index (χ2n) is 10.9. The molecule has 1 aromatic heterocycles. The van der Waals surface area contributed by atoms with Crippen LogP contribution in [0, 0.1) is 5.41 Å². The van der Waals surface area contributed by atoms with Gasteiger partial charge in [-0.25, -0.2) is 4.79 Å². The average Bonchev–Trinajstić information content (AvgIpc) is 3.82. The number of pyridine rings is 1. The van der Waals surface area contributed by atoms with E-state index in [-0.39, 0.29) is 30.0 Å². The quantitative estimate of drug-likeness (QED) is 0.273. The first-order valence-electron chi connectivity index (χ1n) is 14.0. The summed E-state index contributed by atoms with van der Waals surface area (Å²) in [5.74, 6) is 0.967. The summed E-state index contributed by atoms with van der Waals surface area (Å²) in [5.41, 5.74) is 0.810. The predicted molar refractivity (Wildman–Crippen MR) is 157 cm³/mol. The molecule has 42 heavy (non-hydrogen) atoms. The summed E-state index contributed by atoms with van der Waals surface area (Å²) in [4.78, 5) is 44.8. The Labute approximate surface area is 242 Å². The summed E-state index contributed by atoms with van der Waals surface area (Å²) in [7, 11) is 0. The third kappa shape index (κ3) is 4.90. The van der Waals surface area contributed by atoms with Crippen molar-refractivity contribution in [3.8, 4) is 17.2 Å². The number of nitrogens with zero attached hydrogens (tertiary/aromatic N) is 2. The molecule has 2 atom stereocenters. The third-order valence-corrected chi connectivity index (χ3v) is 8.17. The summed E-state index contributed by atoms with van der Waals surface area (Å²) in [5, 5.41) is 9.78. The SMILES string of the molecule is O=C(Oc1ccc2c(Oc3ccc(NC(=O)C4(C(=O)Nc5ccccc5)CC4)cc3)ccnc2c1)N1C2CNCC1C2. The molecule has 10 heteroatoms. The van der Waals surface area contributed by atoms with Crippen molar-refractivity contribution in [3.63, 3.8) is 0 Å². The fourth-order valence-electron chi connectivity index (χ4n) is 5.63. The Bertz CT molecular complexity index is 1660. The minimum absolute atomic E-state index is 0.198. The number of carbonyl (C=O) groups excluding carboxylic acids is 3. The van der Waals surface area contributed by atoms with E-state index in [2.05, 4.69) is 20.9 Å². The molecule has 3 heterocycles. The minimum atomic E-state index is -1.06. The molecular weight excluding hydrogens is 534 g/mol. The number of anilines is 2. The standard InChI is InChI=1S/C32H29N5O5/c38-29(35-20-4-2-1-3-5-20)32(13-14-32)30(39)36-21-6-8-24(9-7-21)41-28-12-15-34-27-17-25(10-11-26(27)28)42-31(40)37-22-16-23(37)19-33-18-22/h1-12,15,17,22-23,33H,13-14,16,18-19H2,(H,35,38)(H,36,39). The smallest absolute Gasteiger partial charge is 0.415 e. The monoisotopic (exact) mass is 563 g/mol. The molecule has 1 aliphatic carbocycles. The van der Waals surface area contributed by atoms with E-state index in [1.54, 1.807) is 60.8 Å². The van der Waals surface area contributed by atoms with Crippen LogP contribution in [0.4, 0.5) is 16.2 Å². The largest absolute Gasteiger partial charge is 0.457 e. The minimum Gasteiger partial charge on any atom is -0.457 e. The first-order valence-corrected chi connectivity index (χ1v) is 14.0. The van der Waals surface area contributed by atoms with Crippen molar-refractivity contribution in [1.29, 1.82) is 0 Å². The Hall–Kier alpha value is -4.96. The maximum absolute atomic E-state index is 13.0. The maximum atomic E-state index is 13.0. The highest BCUT2D eigenvalue weighted by molar-refractivity contribution is 6.16. The van der Waals surface area contributed by atoms with Crippen LogP contribution in [0.15, 0.2) is 85.1 Å². The number of aromatic nitrogens is 1. The number of carbonyl (C=O) groups is 3. The van der Waals surface area contributed by atoms with Crippen molar-refractivity contribution in [2.75, 3.05) is 23.7 Å². The highest BCUT2D eigenvalue weighted by atomic mass is 16.6. The number of para-hydroxylation sites is 1. The Morgan fingerprint density at radius 1 is 0.833 bits per heavy atom. The summed E-state index contributed by atoms with van der Waals surface area (Å²) >= 11 is 0. The summed E-state index contributed by atoms with van der Waals surface area (Å²) in [6.45, 7) is 1.59. The highest BCUT2D eigenvalue weighted by Crippen LogP contribution is 2.47. The highest BCUT2D eigenvalue weighted by Gasteiger charge is 2.56. The van der Waals surface area contributed by atoms with Crippen LogP contribution in [0.1, 0.15) is 19.3 Å². The Morgan fingerprint density at radius 2 is 1.50 bits per heavy atom. The average molecular weight is 564 g/mol. The van der Waals surface area contributed by atoms with Gasteiger partial charge >= 0.3 is 6.09 Å². The van der Waals surface area contributed by atoms with E-state index in [0.717, 1.165) is 24.9 Å². The van der Waals surface area contributed by atoms with Gasteiger partial charge in [0.15, 0.2) is 0 Å². The lowest BCUT2D eigenvalue weighted by molar-refractivity contribution is -0.131. The van der Waals surface area contributed by atoms with Gasteiger partial charge in [0, 0.05) is 54.2 Å². The van der Waals surface area contributed by atoms with E-state index in [4.69, 9.17) is 9.47 Å². The molecule has 0 radical (unpaired) electrons. The Balaban J connectivity index is 0.990. The summed E-state index contributed by atoms with van der Waals surface area (Å²) in [6, 6.07) is 23.5. The van der Waals surface area contributed by atoms with Gasteiger partial charge in [-0.3, -0.25) is 19.5 Å². The van der Waals surface area contributed by atoms with Crippen molar-refractivity contribution in [3.05, 3.63) is 85.1 Å². The van der Waals surface area contributed by atoms with Gasteiger partial charge in [-0.1, -0.05) is 18.2 Å². The molecule has 3 aromatic carbocycles. The van der Waals surface area contributed by atoms with Crippen molar-refractivity contribution in [1.82, 2.24) is 15.2 Å². The molecule has 2 unspecified atom stereocenters. The predicted octanol–water partition coefficient (Wildman–Crippen LogP) is 4.93. The first-order chi connectivity index (χ1) is 20.5. The number of hydrogen-bond acceptors (Lipinski definition) is 7. The molecule has 10 nitrogen and oxygen atoms in total. The number of nitrogens with one attached hydrogen (secondary N) is 3. The number of hydrogen-bond donors (Lipinski definition) is 3. The van der Waals surface area contributed by atoms with Crippen LogP contribution >= 0.6 is 0 Å². The lowest BCUT2D eigenvalue weighted by atomic mass is 9.89. The lowest BCUT2D eigenvalue weighted by Crippen LogP contribution is -2.69. The van der Waals surface area contributed by atoms with Crippen LogP contribution in [-0.4, -0.2) is 53.0 Å². The van der Waals surface area contributed by atoms with E-state index < -0.39 is 5.41 Å². The topological polar surface area (TPSA) is 122 Å². The zero-order valence-electron chi connectivity index (χ0n) is 22.7.